The van der Waals surface area contributed by atoms with Crippen LogP contribution in [0.5, 0.6) is 0 Å². The molecule has 1 rings (SSSR count). The van der Waals surface area contributed by atoms with Crippen LogP contribution in [0.3, 0.4) is 0 Å². The molecule has 1 aromatic heterocycles. The fourth-order valence-corrected chi connectivity index (χ4v) is 2.31. The van der Waals surface area contributed by atoms with Gasteiger partial charge in [-0.05, 0) is 26.3 Å². The van der Waals surface area contributed by atoms with E-state index in [1.165, 1.54) is 0 Å². The molecule has 1 N–H and O–H groups in total. The molecule has 0 spiro atoms. The van der Waals surface area contributed by atoms with Gasteiger partial charge in [0.2, 0.25) is 0 Å². The Morgan fingerprint density at radius 2 is 2.00 bits per heavy atom. The number of aryl methyl sites for hydroxylation is 2. The molecule has 98 valence electrons. The summed E-state index contributed by atoms with van der Waals surface area (Å²) in [5.74, 6) is 0. The molecule has 1 atom stereocenters. The molecule has 1 aromatic rings. The van der Waals surface area contributed by atoms with Crippen LogP contribution in [-0.4, -0.2) is 22.9 Å². The Kier molecular flexibility index (Phi) is 4.62. The van der Waals surface area contributed by atoms with Gasteiger partial charge in [0.25, 0.3) is 0 Å². The molecule has 3 nitrogen and oxygen atoms in total. The van der Waals surface area contributed by atoms with Gasteiger partial charge in [0.15, 0.2) is 0 Å². The molecule has 4 heteroatoms. The Morgan fingerprint density at radius 1 is 1.41 bits per heavy atom. The molecule has 0 aliphatic carbocycles. The predicted octanol–water partition coefficient (Wildman–Crippen LogP) is 3.04. The maximum Gasteiger partial charge on any atom is 0.0847 e. The molecule has 0 saturated heterocycles. The molecule has 0 fully saturated rings. The standard InChI is InChI=1S/C13H24ClN3/c1-7-17-10(12(14)9(2)16-17)8-11(15-6)13(3,4)5/h11,15H,7-8H2,1-6H3. The highest BCUT2D eigenvalue weighted by Crippen LogP contribution is 2.27. The molecule has 1 heterocycles. The van der Waals surface area contributed by atoms with Gasteiger partial charge in [0.1, 0.15) is 0 Å². The molecule has 0 aliphatic rings. The summed E-state index contributed by atoms with van der Waals surface area (Å²) < 4.78 is 2.01. The molecule has 1 unspecified atom stereocenters. The monoisotopic (exact) mass is 257 g/mol. The van der Waals surface area contributed by atoms with Crippen molar-refractivity contribution in [1.82, 2.24) is 15.1 Å². The van der Waals surface area contributed by atoms with E-state index in [-0.39, 0.29) is 5.41 Å². The molecule has 0 radical (unpaired) electrons. The van der Waals surface area contributed by atoms with Crippen molar-refractivity contribution in [3.8, 4) is 0 Å². The van der Waals surface area contributed by atoms with Gasteiger partial charge in [-0.15, -0.1) is 0 Å². The van der Waals surface area contributed by atoms with E-state index >= 15 is 0 Å². The van der Waals surface area contributed by atoms with Crippen LogP contribution in [-0.2, 0) is 13.0 Å². The van der Waals surface area contributed by atoms with E-state index in [1.54, 1.807) is 0 Å². The quantitative estimate of drug-likeness (QED) is 0.899. The number of nitrogens with zero attached hydrogens (tertiary/aromatic N) is 2. The first-order valence-electron chi connectivity index (χ1n) is 6.20. The van der Waals surface area contributed by atoms with E-state index < -0.39 is 0 Å². The zero-order valence-electron chi connectivity index (χ0n) is 11.8. The first-order valence-corrected chi connectivity index (χ1v) is 6.58. The Labute approximate surface area is 110 Å². The molecule has 0 amide bonds. The minimum absolute atomic E-state index is 0.203. The number of hydrogen-bond donors (Lipinski definition) is 1. The Bertz CT molecular complexity index is 377. The van der Waals surface area contributed by atoms with E-state index in [0.29, 0.717) is 6.04 Å². The minimum atomic E-state index is 0.203. The van der Waals surface area contributed by atoms with Crippen LogP contribution in [0, 0.1) is 12.3 Å². The third-order valence-electron chi connectivity index (χ3n) is 3.24. The van der Waals surface area contributed by atoms with Crippen LogP contribution in [0.1, 0.15) is 39.1 Å². The second-order valence-corrected chi connectivity index (χ2v) is 5.95. The van der Waals surface area contributed by atoms with Crippen molar-refractivity contribution in [2.45, 2.75) is 53.6 Å². The number of likely N-dealkylation sites (N-methyl/N-ethyl adjacent to an activating group) is 1. The van der Waals surface area contributed by atoms with Gasteiger partial charge in [-0.2, -0.15) is 5.10 Å². The summed E-state index contributed by atoms with van der Waals surface area (Å²) in [5.41, 5.74) is 2.27. The summed E-state index contributed by atoms with van der Waals surface area (Å²) in [6, 6.07) is 0.390. The van der Waals surface area contributed by atoms with Gasteiger partial charge in [-0.3, -0.25) is 4.68 Å². The van der Waals surface area contributed by atoms with Gasteiger partial charge in [-0.25, -0.2) is 0 Å². The second kappa shape index (κ2) is 5.40. The lowest BCUT2D eigenvalue weighted by atomic mass is 9.84. The van der Waals surface area contributed by atoms with Crippen LogP contribution in [0.25, 0.3) is 0 Å². The first-order chi connectivity index (χ1) is 7.81. The SMILES string of the molecule is CCn1nc(C)c(Cl)c1CC(NC)C(C)(C)C. The van der Waals surface area contributed by atoms with Crippen molar-refractivity contribution in [3.05, 3.63) is 16.4 Å². The fourth-order valence-electron chi connectivity index (χ4n) is 2.10. The molecular formula is C13H24ClN3. The highest BCUT2D eigenvalue weighted by Gasteiger charge is 2.26. The normalized spacial score (nSPS) is 14.1. The molecule has 0 bridgehead atoms. The highest BCUT2D eigenvalue weighted by molar-refractivity contribution is 6.31. The average Bonchev–Trinajstić information content (AvgIpc) is 2.50. The van der Waals surface area contributed by atoms with Gasteiger partial charge < -0.3 is 5.32 Å². The van der Waals surface area contributed by atoms with Crippen molar-refractivity contribution in [2.24, 2.45) is 5.41 Å². The van der Waals surface area contributed by atoms with Gasteiger partial charge in [0, 0.05) is 19.0 Å². The molecule has 0 aliphatic heterocycles. The number of halogens is 1. The molecular weight excluding hydrogens is 234 g/mol. The van der Waals surface area contributed by atoms with E-state index in [2.05, 4.69) is 38.1 Å². The number of aromatic nitrogens is 2. The lowest BCUT2D eigenvalue weighted by Gasteiger charge is -2.30. The van der Waals surface area contributed by atoms with Crippen molar-refractivity contribution in [1.29, 1.82) is 0 Å². The average molecular weight is 258 g/mol. The topological polar surface area (TPSA) is 29.9 Å². The fraction of sp³-hybridized carbons (Fsp3) is 0.769. The van der Waals surface area contributed by atoms with Crippen LogP contribution in [0.4, 0.5) is 0 Å². The summed E-state index contributed by atoms with van der Waals surface area (Å²) in [7, 11) is 2.00. The largest absolute Gasteiger partial charge is 0.316 e. The van der Waals surface area contributed by atoms with Crippen molar-refractivity contribution < 1.29 is 0 Å². The van der Waals surface area contributed by atoms with Crippen LogP contribution in [0.15, 0.2) is 0 Å². The van der Waals surface area contributed by atoms with E-state index in [9.17, 15) is 0 Å². The van der Waals surface area contributed by atoms with Crippen LogP contribution < -0.4 is 5.32 Å². The summed E-state index contributed by atoms with van der Waals surface area (Å²) >= 11 is 6.33. The van der Waals surface area contributed by atoms with Crippen LogP contribution >= 0.6 is 11.6 Å². The zero-order valence-corrected chi connectivity index (χ0v) is 12.5. The summed E-state index contributed by atoms with van der Waals surface area (Å²) in [6.07, 6.45) is 0.910. The van der Waals surface area contributed by atoms with Gasteiger partial charge in [-0.1, -0.05) is 32.4 Å². The van der Waals surface area contributed by atoms with Crippen molar-refractivity contribution in [3.63, 3.8) is 0 Å². The lowest BCUT2D eigenvalue weighted by Crippen LogP contribution is -2.40. The lowest BCUT2D eigenvalue weighted by molar-refractivity contribution is 0.275. The maximum absolute atomic E-state index is 6.33. The van der Waals surface area contributed by atoms with Crippen molar-refractivity contribution in [2.75, 3.05) is 7.05 Å². The smallest absolute Gasteiger partial charge is 0.0847 e. The van der Waals surface area contributed by atoms with Crippen molar-refractivity contribution >= 4 is 11.6 Å². The summed E-state index contributed by atoms with van der Waals surface area (Å²) in [5, 5.41) is 8.65. The number of rotatable bonds is 4. The Morgan fingerprint density at radius 3 is 2.41 bits per heavy atom. The maximum atomic E-state index is 6.33. The van der Waals surface area contributed by atoms with Crippen LogP contribution in [0.2, 0.25) is 5.02 Å². The van der Waals surface area contributed by atoms with E-state index in [1.807, 2.05) is 18.7 Å². The van der Waals surface area contributed by atoms with E-state index in [4.69, 9.17) is 11.6 Å². The van der Waals surface area contributed by atoms with Gasteiger partial charge in [0.05, 0.1) is 16.4 Å². The Hall–Kier alpha value is -0.540. The molecule has 0 saturated carbocycles. The Balaban J connectivity index is 3.01. The first kappa shape index (κ1) is 14.5. The summed E-state index contributed by atoms with van der Waals surface area (Å²) in [6.45, 7) is 11.6. The highest BCUT2D eigenvalue weighted by atomic mass is 35.5. The van der Waals surface area contributed by atoms with Gasteiger partial charge >= 0.3 is 0 Å². The third-order valence-corrected chi connectivity index (χ3v) is 3.74. The molecule has 0 aromatic carbocycles. The third kappa shape index (κ3) is 3.23. The number of hydrogen-bond acceptors (Lipinski definition) is 2. The minimum Gasteiger partial charge on any atom is -0.316 e. The summed E-state index contributed by atoms with van der Waals surface area (Å²) in [4.78, 5) is 0. The van der Waals surface area contributed by atoms with E-state index in [0.717, 1.165) is 29.4 Å². The number of nitrogens with one attached hydrogen (secondary N) is 1. The zero-order chi connectivity index (χ0) is 13.2. The molecule has 17 heavy (non-hydrogen) atoms. The predicted molar refractivity (Wildman–Crippen MR) is 73.7 cm³/mol. The second-order valence-electron chi connectivity index (χ2n) is 5.57.